The highest BCUT2D eigenvalue weighted by molar-refractivity contribution is 7.91. The number of carbonyl (C=O) groups is 1. The van der Waals surface area contributed by atoms with Crippen molar-refractivity contribution in [1.82, 2.24) is 10.3 Å². The average Bonchev–Trinajstić information content (AvgIpc) is 3.14. The number of benzene rings is 1. The molecule has 0 bridgehead atoms. The predicted molar refractivity (Wildman–Crippen MR) is 96.4 cm³/mol. The number of rotatable bonds is 4. The summed E-state index contributed by atoms with van der Waals surface area (Å²) in [7, 11) is -3.00. The van der Waals surface area contributed by atoms with Crippen LogP contribution in [0.4, 0.5) is 13.2 Å². The second-order valence-corrected chi connectivity index (χ2v) is 9.72. The van der Waals surface area contributed by atoms with Crippen LogP contribution in [0.2, 0.25) is 0 Å². The number of hydrogen-bond donors (Lipinski definition) is 1. The summed E-state index contributed by atoms with van der Waals surface area (Å²) >= 11 is 1.09. The summed E-state index contributed by atoms with van der Waals surface area (Å²) in [5, 5.41) is 3.19. The van der Waals surface area contributed by atoms with Gasteiger partial charge in [-0.1, -0.05) is 12.1 Å². The van der Waals surface area contributed by atoms with Crippen LogP contribution < -0.4 is 5.32 Å². The number of thiazole rings is 1. The van der Waals surface area contributed by atoms with Crippen LogP contribution in [-0.4, -0.2) is 37.4 Å². The summed E-state index contributed by atoms with van der Waals surface area (Å²) in [5.41, 5.74) is 0.229. The van der Waals surface area contributed by atoms with Gasteiger partial charge in [0.15, 0.2) is 9.84 Å². The van der Waals surface area contributed by atoms with Gasteiger partial charge in [0.2, 0.25) is 0 Å². The van der Waals surface area contributed by atoms with Crippen LogP contribution in [0.1, 0.15) is 27.3 Å². The van der Waals surface area contributed by atoms with Crippen molar-refractivity contribution in [3.63, 3.8) is 0 Å². The maximum atomic E-state index is 12.7. The number of alkyl halides is 3. The van der Waals surface area contributed by atoms with Crippen molar-refractivity contribution in [2.75, 3.05) is 18.1 Å². The Hall–Kier alpha value is -1.94. The maximum absolute atomic E-state index is 12.7. The number of aryl methyl sites for hydroxylation is 1. The van der Waals surface area contributed by atoms with Gasteiger partial charge >= 0.3 is 6.18 Å². The lowest BCUT2D eigenvalue weighted by Crippen LogP contribution is -2.29. The fourth-order valence-electron chi connectivity index (χ4n) is 2.88. The summed E-state index contributed by atoms with van der Waals surface area (Å²) in [6.07, 6.45) is -3.88. The molecule has 1 aliphatic rings. The number of amides is 1. The number of halogens is 3. The zero-order valence-electron chi connectivity index (χ0n) is 14.3. The molecule has 0 radical (unpaired) electrons. The van der Waals surface area contributed by atoms with E-state index in [1.807, 2.05) is 0 Å². The molecule has 3 rings (SSSR count). The lowest BCUT2D eigenvalue weighted by atomic mass is 10.1. The largest absolute Gasteiger partial charge is 0.416 e. The van der Waals surface area contributed by atoms with Gasteiger partial charge in [0, 0.05) is 12.1 Å². The molecule has 0 spiro atoms. The monoisotopic (exact) mass is 418 g/mol. The molecule has 146 valence electrons. The van der Waals surface area contributed by atoms with E-state index < -0.39 is 21.6 Å². The highest BCUT2D eigenvalue weighted by atomic mass is 32.2. The molecule has 2 aromatic rings. The Balaban J connectivity index is 1.69. The number of hydrogen-bond acceptors (Lipinski definition) is 5. The Kier molecular flexibility index (Phi) is 5.31. The van der Waals surface area contributed by atoms with E-state index in [9.17, 15) is 26.4 Å². The van der Waals surface area contributed by atoms with Gasteiger partial charge < -0.3 is 5.32 Å². The number of sulfone groups is 1. The molecule has 1 aliphatic heterocycles. The molecule has 0 aliphatic carbocycles. The quantitative estimate of drug-likeness (QED) is 0.827. The first-order chi connectivity index (χ1) is 12.5. The first-order valence-corrected chi connectivity index (χ1v) is 10.8. The normalized spacial score (nSPS) is 19.2. The fraction of sp³-hybridized carbons (Fsp3) is 0.412. The number of nitrogens with one attached hydrogen (secondary N) is 1. The van der Waals surface area contributed by atoms with Crippen LogP contribution in [0.3, 0.4) is 0 Å². The van der Waals surface area contributed by atoms with Crippen molar-refractivity contribution in [1.29, 1.82) is 0 Å². The van der Waals surface area contributed by atoms with E-state index in [1.54, 1.807) is 6.92 Å². The third-order valence-electron chi connectivity index (χ3n) is 4.34. The SMILES string of the molecule is Cc1nc(-c2ccc(C(F)(F)F)cc2)sc1C(=O)NC[C@@H]1CCS(=O)(=O)C1. The van der Waals surface area contributed by atoms with E-state index in [0.29, 0.717) is 27.6 Å². The minimum absolute atomic E-state index is 0.0752. The second kappa shape index (κ2) is 7.23. The standard InChI is InChI=1S/C17H17F3N2O3S2/c1-10-14(15(23)21-8-11-6-7-27(24,25)9-11)26-16(22-10)12-2-4-13(5-3-12)17(18,19)20/h2-5,11H,6-9H2,1H3,(H,21,23)/t11-/m0/s1. The molecule has 0 unspecified atom stereocenters. The van der Waals surface area contributed by atoms with Crippen LogP contribution in [0.25, 0.3) is 10.6 Å². The van der Waals surface area contributed by atoms with Crippen LogP contribution in [0.15, 0.2) is 24.3 Å². The van der Waals surface area contributed by atoms with Gasteiger partial charge in [0.05, 0.1) is 22.8 Å². The van der Waals surface area contributed by atoms with Gasteiger partial charge in [0.25, 0.3) is 5.91 Å². The molecule has 10 heteroatoms. The summed E-state index contributed by atoms with van der Waals surface area (Å²) in [5.74, 6) is -0.231. The van der Waals surface area contributed by atoms with Crippen molar-refractivity contribution in [2.45, 2.75) is 19.5 Å². The Labute approximate surface area is 158 Å². The van der Waals surface area contributed by atoms with Crippen LogP contribution in [0, 0.1) is 12.8 Å². The molecule has 1 fully saturated rings. The lowest BCUT2D eigenvalue weighted by Gasteiger charge is -2.08. The molecule has 27 heavy (non-hydrogen) atoms. The van der Waals surface area contributed by atoms with Gasteiger partial charge in [-0.3, -0.25) is 4.79 Å². The summed E-state index contributed by atoms with van der Waals surface area (Å²) in [6.45, 7) is 1.92. The van der Waals surface area contributed by atoms with Gasteiger partial charge in [-0.25, -0.2) is 13.4 Å². The molecule has 1 amide bonds. The Morgan fingerprint density at radius 1 is 1.30 bits per heavy atom. The van der Waals surface area contributed by atoms with Crippen molar-refractivity contribution < 1.29 is 26.4 Å². The van der Waals surface area contributed by atoms with Gasteiger partial charge in [0.1, 0.15) is 9.88 Å². The molecule has 1 aromatic heterocycles. The third-order valence-corrected chi connectivity index (χ3v) is 7.38. The molecule has 1 N–H and O–H groups in total. The minimum Gasteiger partial charge on any atom is -0.351 e. The highest BCUT2D eigenvalue weighted by Crippen LogP contribution is 2.33. The number of carbonyl (C=O) groups excluding carboxylic acids is 1. The average molecular weight is 418 g/mol. The van der Waals surface area contributed by atoms with Gasteiger partial charge in [-0.2, -0.15) is 13.2 Å². The molecule has 1 atom stereocenters. The van der Waals surface area contributed by atoms with Crippen molar-refractivity contribution in [2.24, 2.45) is 5.92 Å². The van der Waals surface area contributed by atoms with Crippen molar-refractivity contribution >= 4 is 27.1 Å². The molecule has 5 nitrogen and oxygen atoms in total. The Morgan fingerprint density at radius 3 is 2.52 bits per heavy atom. The number of nitrogens with zero attached hydrogens (tertiary/aromatic N) is 1. The van der Waals surface area contributed by atoms with E-state index in [-0.39, 0.29) is 29.9 Å². The van der Waals surface area contributed by atoms with Crippen LogP contribution in [-0.2, 0) is 16.0 Å². The van der Waals surface area contributed by atoms with E-state index in [2.05, 4.69) is 10.3 Å². The predicted octanol–water partition coefficient (Wildman–Crippen LogP) is 3.30. The third kappa shape index (κ3) is 4.67. The van der Waals surface area contributed by atoms with Gasteiger partial charge in [-0.15, -0.1) is 11.3 Å². The molecular formula is C17H17F3N2O3S2. The Bertz CT molecular complexity index is 951. The highest BCUT2D eigenvalue weighted by Gasteiger charge is 2.30. The zero-order chi connectivity index (χ0) is 19.8. The summed E-state index contributed by atoms with van der Waals surface area (Å²) in [4.78, 5) is 17.0. The fourth-order valence-corrected chi connectivity index (χ4v) is 5.73. The van der Waals surface area contributed by atoms with Gasteiger partial charge in [-0.05, 0) is 31.4 Å². The molecule has 1 saturated heterocycles. The van der Waals surface area contributed by atoms with Crippen molar-refractivity contribution in [3.05, 3.63) is 40.4 Å². The first kappa shape index (κ1) is 19.8. The molecular weight excluding hydrogens is 401 g/mol. The summed E-state index contributed by atoms with van der Waals surface area (Å²) in [6, 6.07) is 4.61. The molecule has 1 aromatic carbocycles. The van der Waals surface area contributed by atoms with E-state index in [1.165, 1.54) is 12.1 Å². The molecule has 2 heterocycles. The van der Waals surface area contributed by atoms with E-state index in [4.69, 9.17) is 0 Å². The minimum atomic E-state index is -4.41. The lowest BCUT2D eigenvalue weighted by molar-refractivity contribution is -0.137. The van der Waals surface area contributed by atoms with Crippen molar-refractivity contribution in [3.8, 4) is 10.6 Å². The summed E-state index contributed by atoms with van der Waals surface area (Å²) < 4.78 is 60.9. The maximum Gasteiger partial charge on any atom is 0.416 e. The smallest absolute Gasteiger partial charge is 0.351 e. The molecule has 0 saturated carbocycles. The van der Waals surface area contributed by atoms with E-state index in [0.717, 1.165) is 23.5 Å². The topological polar surface area (TPSA) is 76.1 Å². The zero-order valence-corrected chi connectivity index (χ0v) is 16.0. The Morgan fingerprint density at radius 2 is 1.96 bits per heavy atom. The number of aromatic nitrogens is 1. The van der Waals surface area contributed by atoms with Crippen LogP contribution in [0.5, 0.6) is 0 Å². The first-order valence-electron chi connectivity index (χ1n) is 8.19. The second-order valence-electron chi connectivity index (χ2n) is 6.49. The van der Waals surface area contributed by atoms with Crippen LogP contribution >= 0.6 is 11.3 Å². The van der Waals surface area contributed by atoms with E-state index >= 15 is 0 Å².